The van der Waals surface area contributed by atoms with Crippen molar-refractivity contribution < 1.29 is 31.1 Å². The molecular formula is C18H12BrClF3N3O4S. The number of sulfonamides is 1. The number of alkyl halides is 3. The lowest BCUT2D eigenvalue weighted by Crippen LogP contribution is -2.31. The highest BCUT2D eigenvalue weighted by molar-refractivity contribution is 9.10. The van der Waals surface area contributed by atoms with Crippen molar-refractivity contribution in [3.8, 4) is 11.4 Å². The molecule has 3 rings (SSSR count). The lowest BCUT2D eigenvalue weighted by molar-refractivity contribution is -0.137. The number of rotatable bonds is 5. The van der Waals surface area contributed by atoms with E-state index in [1.165, 1.54) is 25.3 Å². The number of hydrogen-bond donors (Lipinski definition) is 1. The van der Waals surface area contributed by atoms with Crippen molar-refractivity contribution in [2.45, 2.75) is 11.1 Å². The first-order valence-electron chi connectivity index (χ1n) is 8.23. The van der Waals surface area contributed by atoms with Crippen LogP contribution in [0, 0.1) is 0 Å². The molecule has 0 spiro atoms. The number of nitrogens with one attached hydrogen (secondary N) is 1. The van der Waals surface area contributed by atoms with Gasteiger partial charge in [0.25, 0.3) is 15.9 Å². The van der Waals surface area contributed by atoms with Crippen molar-refractivity contribution in [2.75, 3.05) is 7.11 Å². The molecule has 0 aliphatic heterocycles. The Morgan fingerprint density at radius 2 is 1.94 bits per heavy atom. The predicted octanol–water partition coefficient (Wildman–Crippen LogP) is 4.43. The van der Waals surface area contributed by atoms with Crippen molar-refractivity contribution >= 4 is 43.5 Å². The van der Waals surface area contributed by atoms with E-state index in [0.29, 0.717) is 0 Å². The van der Waals surface area contributed by atoms with E-state index in [0.717, 1.165) is 35.3 Å². The standard InChI is InChI=1S/C18H12BrClF3N3O4S/c1-30-13-2-3-14(20)16(7-13)31(28,29)25-17(27)15-8-26(9-24-15)12-5-10(18(21,22)23)4-11(19)6-12/h2-9H,1H3,(H,25,27). The van der Waals surface area contributed by atoms with E-state index < -0.39 is 27.7 Å². The highest BCUT2D eigenvalue weighted by Gasteiger charge is 2.31. The Morgan fingerprint density at radius 1 is 1.23 bits per heavy atom. The molecule has 2 aromatic carbocycles. The SMILES string of the molecule is COc1ccc(Cl)c(S(=O)(=O)NC(=O)c2cn(-c3cc(Br)cc(C(F)(F)F)c3)cn2)c1. The third-order valence-electron chi connectivity index (χ3n) is 3.98. The number of nitrogens with zero attached hydrogens (tertiary/aromatic N) is 2. The Balaban J connectivity index is 1.88. The average Bonchev–Trinajstić information content (AvgIpc) is 3.17. The molecule has 0 bridgehead atoms. The molecule has 13 heteroatoms. The van der Waals surface area contributed by atoms with Crippen LogP contribution >= 0.6 is 27.5 Å². The Bertz CT molecular complexity index is 1260. The van der Waals surface area contributed by atoms with E-state index >= 15 is 0 Å². The summed E-state index contributed by atoms with van der Waals surface area (Å²) in [5.74, 6) is -0.889. The normalized spacial score (nSPS) is 11.9. The summed E-state index contributed by atoms with van der Waals surface area (Å²) in [5, 5.41) is -0.138. The highest BCUT2D eigenvalue weighted by atomic mass is 79.9. The molecule has 1 heterocycles. The number of imidazole rings is 1. The van der Waals surface area contributed by atoms with Crippen LogP contribution in [0.4, 0.5) is 13.2 Å². The number of amides is 1. The fourth-order valence-corrected chi connectivity index (χ4v) is 4.47. The lowest BCUT2D eigenvalue weighted by Gasteiger charge is -2.10. The van der Waals surface area contributed by atoms with Crippen LogP contribution in [0.2, 0.25) is 5.02 Å². The zero-order valence-corrected chi connectivity index (χ0v) is 18.6. The fourth-order valence-electron chi connectivity index (χ4n) is 2.51. The zero-order chi connectivity index (χ0) is 23.0. The minimum atomic E-state index is -4.58. The molecule has 164 valence electrons. The number of carbonyl (C=O) groups excluding carboxylic acids is 1. The first-order chi connectivity index (χ1) is 14.4. The van der Waals surface area contributed by atoms with Gasteiger partial charge in [0.1, 0.15) is 22.7 Å². The summed E-state index contributed by atoms with van der Waals surface area (Å²) in [6.45, 7) is 0. The summed E-state index contributed by atoms with van der Waals surface area (Å²) in [7, 11) is -3.05. The summed E-state index contributed by atoms with van der Waals surface area (Å²) in [4.78, 5) is 15.8. The number of hydrogen-bond acceptors (Lipinski definition) is 5. The molecule has 0 atom stereocenters. The summed E-state index contributed by atoms with van der Waals surface area (Å²) < 4.78 is 72.3. The number of benzene rings is 2. The quantitative estimate of drug-likeness (QED) is 0.519. The van der Waals surface area contributed by atoms with Crippen molar-refractivity contribution in [1.82, 2.24) is 14.3 Å². The highest BCUT2D eigenvalue weighted by Crippen LogP contribution is 2.33. The molecule has 0 aliphatic carbocycles. The first-order valence-corrected chi connectivity index (χ1v) is 10.9. The number of carbonyl (C=O) groups is 1. The van der Waals surface area contributed by atoms with Gasteiger partial charge in [0.2, 0.25) is 0 Å². The van der Waals surface area contributed by atoms with E-state index in [1.807, 2.05) is 4.72 Å². The Kier molecular flexibility index (Phi) is 6.35. The van der Waals surface area contributed by atoms with Crippen LogP contribution in [0.25, 0.3) is 5.69 Å². The number of halogens is 5. The van der Waals surface area contributed by atoms with Gasteiger partial charge in [-0.15, -0.1) is 0 Å². The molecule has 1 aromatic heterocycles. The molecule has 0 saturated heterocycles. The van der Waals surface area contributed by atoms with Crippen LogP contribution in [-0.4, -0.2) is 31.0 Å². The van der Waals surface area contributed by atoms with Gasteiger partial charge in [-0.05, 0) is 30.3 Å². The topological polar surface area (TPSA) is 90.3 Å². The second-order valence-corrected chi connectivity index (χ2v) is 9.07. The maximum atomic E-state index is 13.0. The zero-order valence-electron chi connectivity index (χ0n) is 15.4. The van der Waals surface area contributed by atoms with Gasteiger partial charge in [0, 0.05) is 22.4 Å². The summed E-state index contributed by atoms with van der Waals surface area (Å²) in [6, 6.07) is 7.01. The maximum absolute atomic E-state index is 13.0. The van der Waals surface area contributed by atoms with E-state index in [2.05, 4.69) is 20.9 Å². The van der Waals surface area contributed by atoms with Gasteiger partial charge in [-0.2, -0.15) is 13.2 Å². The minimum absolute atomic E-state index is 0.0620. The summed E-state index contributed by atoms with van der Waals surface area (Å²) in [6.07, 6.45) is -2.40. The molecule has 1 N–H and O–H groups in total. The second-order valence-electron chi connectivity index (χ2n) is 6.09. The second kappa shape index (κ2) is 8.52. The van der Waals surface area contributed by atoms with E-state index in [1.54, 1.807) is 0 Å². The molecule has 0 saturated carbocycles. The van der Waals surface area contributed by atoms with Crippen molar-refractivity contribution in [3.05, 3.63) is 69.7 Å². The van der Waals surface area contributed by atoms with Gasteiger partial charge >= 0.3 is 6.18 Å². The number of methoxy groups -OCH3 is 1. The summed E-state index contributed by atoms with van der Waals surface area (Å²) in [5.41, 5.74) is -1.19. The van der Waals surface area contributed by atoms with Crippen molar-refractivity contribution in [1.29, 1.82) is 0 Å². The smallest absolute Gasteiger partial charge is 0.416 e. The van der Waals surface area contributed by atoms with Crippen molar-refractivity contribution in [3.63, 3.8) is 0 Å². The van der Waals surface area contributed by atoms with Crippen LogP contribution < -0.4 is 9.46 Å². The fraction of sp³-hybridized carbons (Fsp3) is 0.111. The molecule has 31 heavy (non-hydrogen) atoms. The number of aromatic nitrogens is 2. The van der Waals surface area contributed by atoms with Gasteiger partial charge in [-0.1, -0.05) is 27.5 Å². The van der Waals surface area contributed by atoms with E-state index in [4.69, 9.17) is 16.3 Å². The van der Waals surface area contributed by atoms with Crippen LogP contribution in [0.5, 0.6) is 5.75 Å². The van der Waals surface area contributed by atoms with Crippen molar-refractivity contribution in [2.24, 2.45) is 0 Å². The monoisotopic (exact) mass is 537 g/mol. The minimum Gasteiger partial charge on any atom is -0.497 e. The molecule has 1 amide bonds. The van der Waals surface area contributed by atoms with Gasteiger partial charge in [0.05, 0.1) is 17.7 Å². The van der Waals surface area contributed by atoms with Crippen LogP contribution in [0.3, 0.4) is 0 Å². The molecule has 0 fully saturated rings. The molecule has 3 aromatic rings. The van der Waals surface area contributed by atoms with Gasteiger partial charge in [-0.25, -0.2) is 18.1 Å². The maximum Gasteiger partial charge on any atom is 0.416 e. The Hall–Kier alpha value is -2.57. The first kappa shape index (κ1) is 23.1. The van der Waals surface area contributed by atoms with Gasteiger partial charge < -0.3 is 9.30 Å². The Labute approximate surface area is 188 Å². The van der Waals surface area contributed by atoms with E-state index in [9.17, 15) is 26.4 Å². The van der Waals surface area contributed by atoms with Crippen LogP contribution in [0.15, 0.2) is 58.3 Å². The predicted molar refractivity (Wildman–Crippen MR) is 109 cm³/mol. The van der Waals surface area contributed by atoms with Crippen LogP contribution in [-0.2, 0) is 16.2 Å². The lowest BCUT2D eigenvalue weighted by atomic mass is 10.2. The largest absolute Gasteiger partial charge is 0.497 e. The third-order valence-corrected chi connectivity index (χ3v) is 6.25. The molecular weight excluding hydrogens is 527 g/mol. The molecule has 0 unspecified atom stereocenters. The van der Waals surface area contributed by atoms with Crippen LogP contribution in [0.1, 0.15) is 16.1 Å². The molecule has 0 aliphatic rings. The third kappa shape index (κ3) is 5.20. The van der Waals surface area contributed by atoms with Gasteiger partial charge in [-0.3, -0.25) is 4.79 Å². The molecule has 7 nitrogen and oxygen atoms in total. The number of ether oxygens (including phenoxy) is 1. The van der Waals surface area contributed by atoms with Gasteiger partial charge in [0.15, 0.2) is 0 Å². The van der Waals surface area contributed by atoms with E-state index in [-0.39, 0.29) is 31.5 Å². The summed E-state index contributed by atoms with van der Waals surface area (Å²) >= 11 is 8.92. The average molecular weight is 539 g/mol. The Morgan fingerprint density at radius 3 is 2.58 bits per heavy atom. The molecule has 0 radical (unpaired) electrons.